The molecule has 0 heterocycles. The number of urea groups is 1. The number of nitrogens with one attached hydrogen (secondary N) is 2. The maximum Gasteiger partial charge on any atom is 0.320 e. The molecule has 0 aliphatic heterocycles. The molecule has 1 unspecified atom stereocenters. The third-order valence-corrected chi connectivity index (χ3v) is 2.37. The Morgan fingerprint density at radius 2 is 2.12 bits per heavy atom. The fourth-order valence-corrected chi connectivity index (χ4v) is 1.38. The van der Waals surface area contributed by atoms with Gasteiger partial charge in [0, 0.05) is 5.69 Å². The average Bonchev–Trinajstić information content (AvgIpc) is 2.25. The predicted molar refractivity (Wildman–Crippen MR) is 67.6 cm³/mol. The molecule has 17 heavy (non-hydrogen) atoms. The van der Waals surface area contributed by atoms with Gasteiger partial charge in [0.05, 0.1) is 6.07 Å². The first-order chi connectivity index (χ1) is 8.02. The molecular weight excluding hydrogens is 214 g/mol. The van der Waals surface area contributed by atoms with E-state index in [9.17, 15) is 4.79 Å². The number of nitrogens with zero attached hydrogens (tertiary/aromatic N) is 1. The van der Waals surface area contributed by atoms with E-state index in [2.05, 4.69) is 16.7 Å². The molecule has 0 saturated heterocycles. The van der Waals surface area contributed by atoms with E-state index in [0.29, 0.717) is 0 Å². The van der Waals surface area contributed by atoms with Crippen LogP contribution >= 0.6 is 0 Å². The van der Waals surface area contributed by atoms with Crippen molar-refractivity contribution in [3.8, 4) is 6.07 Å². The van der Waals surface area contributed by atoms with Crippen LogP contribution in [0.25, 0.3) is 0 Å². The van der Waals surface area contributed by atoms with Crippen molar-refractivity contribution in [2.75, 3.05) is 5.32 Å². The number of anilines is 1. The molecule has 0 aliphatic rings. The fraction of sp³-hybridized carbons (Fsp3) is 0.385. The molecule has 1 aromatic rings. The van der Waals surface area contributed by atoms with Crippen molar-refractivity contribution in [2.24, 2.45) is 5.92 Å². The molecule has 2 amide bonds. The summed E-state index contributed by atoms with van der Waals surface area (Å²) in [6.45, 7) is 5.73. The van der Waals surface area contributed by atoms with Gasteiger partial charge in [-0.15, -0.1) is 0 Å². The smallest absolute Gasteiger partial charge is 0.320 e. The highest BCUT2D eigenvalue weighted by atomic mass is 16.2. The number of carbonyl (C=O) groups is 1. The van der Waals surface area contributed by atoms with Gasteiger partial charge >= 0.3 is 6.03 Å². The number of benzene rings is 1. The monoisotopic (exact) mass is 231 g/mol. The quantitative estimate of drug-likeness (QED) is 0.840. The predicted octanol–water partition coefficient (Wildman–Crippen LogP) is 2.66. The molecular formula is C13H17N3O. The topological polar surface area (TPSA) is 64.9 Å². The van der Waals surface area contributed by atoms with Crippen LogP contribution in [-0.4, -0.2) is 12.1 Å². The van der Waals surface area contributed by atoms with E-state index in [1.807, 2.05) is 45.0 Å². The highest BCUT2D eigenvalue weighted by Crippen LogP contribution is 2.09. The van der Waals surface area contributed by atoms with Crippen LogP contribution in [0.3, 0.4) is 0 Å². The van der Waals surface area contributed by atoms with Gasteiger partial charge < -0.3 is 10.6 Å². The van der Waals surface area contributed by atoms with Crippen molar-refractivity contribution in [1.82, 2.24) is 5.32 Å². The summed E-state index contributed by atoms with van der Waals surface area (Å²) in [6.07, 6.45) is 0. The average molecular weight is 231 g/mol. The van der Waals surface area contributed by atoms with E-state index in [-0.39, 0.29) is 11.9 Å². The lowest BCUT2D eigenvalue weighted by Gasteiger charge is -2.15. The third-order valence-electron chi connectivity index (χ3n) is 2.37. The van der Waals surface area contributed by atoms with Crippen molar-refractivity contribution < 1.29 is 4.79 Å². The van der Waals surface area contributed by atoms with E-state index in [4.69, 9.17) is 5.26 Å². The largest absolute Gasteiger partial charge is 0.322 e. The lowest BCUT2D eigenvalue weighted by Crippen LogP contribution is -2.40. The molecule has 1 aromatic carbocycles. The molecule has 1 rings (SSSR count). The molecule has 90 valence electrons. The minimum Gasteiger partial charge on any atom is -0.322 e. The number of hydrogen-bond donors (Lipinski definition) is 2. The highest BCUT2D eigenvalue weighted by Gasteiger charge is 2.14. The van der Waals surface area contributed by atoms with Crippen LogP contribution in [0.4, 0.5) is 10.5 Å². The first kappa shape index (κ1) is 13.0. The summed E-state index contributed by atoms with van der Waals surface area (Å²) >= 11 is 0. The van der Waals surface area contributed by atoms with Crippen molar-refractivity contribution in [2.45, 2.75) is 26.8 Å². The van der Waals surface area contributed by atoms with Crippen molar-refractivity contribution >= 4 is 11.7 Å². The van der Waals surface area contributed by atoms with Gasteiger partial charge in [0.25, 0.3) is 0 Å². The van der Waals surface area contributed by atoms with E-state index in [1.165, 1.54) is 0 Å². The standard InChI is InChI=1S/C13H17N3O/c1-9(2)12(8-14)16-13(17)15-11-6-4-5-10(3)7-11/h4-7,9,12H,1-3H3,(H2,15,16,17). The van der Waals surface area contributed by atoms with Gasteiger partial charge in [-0.05, 0) is 30.5 Å². The number of hydrogen-bond acceptors (Lipinski definition) is 2. The van der Waals surface area contributed by atoms with Gasteiger partial charge in [-0.1, -0.05) is 26.0 Å². The Morgan fingerprint density at radius 1 is 1.41 bits per heavy atom. The maximum atomic E-state index is 11.6. The Hall–Kier alpha value is -2.02. The van der Waals surface area contributed by atoms with Crippen LogP contribution in [0.1, 0.15) is 19.4 Å². The van der Waals surface area contributed by atoms with Crippen LogP contribution in [0.5, 0.6) is 0 Å². The molecule has 0 radical (unpaired) electrons. The normalized spacial score (nSPS) is 11.7. The summed E-state index contributed by atoms with van der Waals surface area (Å²) in [5.41, 5.74) is 1.80. The number of aryl methyl sites for hydroxylation is 1. The minimum atomic E-state index is -0.472. The Morgan fingerprint density at radius 3 is 2.65 bits per heavy atom. The Bertz CT molecular complexity index is 435. The summed E-state index contributed by atoms with van der Waals surface area (Å²) in [5.74, 6) is 0.0864. The second kappa shape index (κ2) is 5.90. The fourth-order valence-electron chi connectivity index (χ4n) is 1.38. The van der Waals surface area contributed by atoms with Crippen LogP contribution in [0.2, 0.25) is 0 Å². The maximum absolute atomic E-state index is 11.6. The van der Waals surface area contributed by atoms with Crippen LogP contribution in [0, 0.1) is 24.2 Å². The molecule has 2 N–H and O–H groups in total. The molecule has 0 spiro atoms. The zero-order valence-electron chi connectivity index (χ0n) is 10.3. The SMILES string of the molecule is Cc1cccc(NC(=O)NC(C#N)C(C)C)c1. The molecule has 4 nitrogen and oxygen atoms in total. The highest BCUT2D eigenvalue weighted by molar-refractivity contribution is 5.89. The summed E-state index contributed by atoms with van der Waals surface area (Å²) < 4.78 is 0. The number of nitriles is 1. The van der Waals surface area contributed by atoms with Gasteiger partial charge in [-0.3, -0.25) is 0 Å². The Kier molecular flexibility index (Phi) is 4.53. The van der Waals surface area contributed by atoms with Gasteiger partial charge in [0.2, 0.25) is 0 Å². The van der Waals surface area contributed by atoms with E-state index < -0.39 is 6.04 Å². The van der Waals surface area contributed by atoms with E-state index in [1.54, 1.807) is 0 Å². The lowest BCUT2D eigenvalue weighted by molar-refractivity contribution is 0.248. The van der Waals surface area contributed by atoms with E-state index >= 15 is 0 Å². The number of carbonyl (C=O) groups excluding carboxylic acids is 1. The van der Waals surface area contributed by atoms with Crippen molar-refractivity contribution in [3.05, 3.63) is 29.8 Å². The van der Waals surface area contributed by atoms with Gasteiger partial charge in [0.1, 0.15) is 6.04 Å². The molecule has 0 fully saturated rings. The molecule has 1 atom stereocenters. The summed E-state index contributed by atoms with van der Waals surface area (Å²) in [5, 5.41) is 14.2. The van der Waals surface area contributed by atoms with Gasteiger partial charge in [-0.2, -0.15) is 5.26 Å². The molecule has 0 aliphatic carbocycles. The summed E-state index contributed by atoms with van der Waals surface area (Å²) in [7, 11) is 0. The van der Waals surface area contributed by atoms with Crippen LogP contribution < -0.4 is 10.6 Å². The van der Waals surface area contributed by atoms with Gasteiger partial charge in [0.15, 0.2) is 0 Å². The number of rotatable bonds is 3. The molecule has 0 saturated carbocycles. The molecule has 0 aromatic heterocycles. The summed E-state index contributed by atoms with van der Waals surface area (Å²) in [4.78, 5) is 11.6. The summed E-state index contributed by atoms with van der Waals surface area (Å²) in [6, 6.07) is 8.74. The zero-order chi connectivity index (χ0) is 12.8. The van der Waals surface area contributed by atoms with Crippen molar-refractivity contribution in [3.63, 3.8) is 0 Å². The van der Waals surface area contributed by atoms with Crippen LogP contribution in [0.15, 0.2) is 24.3 Å². The van der Waals surface area contributed by atoms with Gasteiger partial charge in [-0.25, -0.2) is 4.79 Å². The number of amides is 2. The minimum absolute atomic E-state index is 0.0864. The third kappa shape index (κ3) is 4.15. The Balaban J connectivity index is 2.59. The van der Waals surface area contributed by atoms with Crippen molar-refractivity contribution in [1.29, 1.82) is 5.26 Å². The molecule has 4 heteroatoms. The Labute approximate surface area is 102 Å². The lowest BCUT2D eigenvalue weighted by atomic mass is 10.1. The first-order valence-electron chi connectivity index (χ1n) is 5.56. The molecule has 0 bridgehead atoms. The first-order valence-corrected chi connectivity index (χ1v) is 5.56. The second-order valence-corrected chi connectivity index (χ2v) is 4.32. The van der Waals surface area contributed by atoms with Crippen LogP contribution in [-0.2, 0) is 0 Å². The second-order valence-electron chi connectivity index (χ2n) is 4.32. The van der Waals surface area contributed by atoms with E-state index in [0.717, 1.165) is 11.3 Å². The zero-order valence-corrected chi connectivity index (χ0v) is 10.3.